The Hall–Kier alpha value is -2.86. The Balaban J connectivity index is 1.56. The highest BCUT2D eigenvalue weighted by atomic mass is 35.5. The van der Waals surface area contributed by atoms with Gasteiger partial charge in [-0.25, -0.2) is 4.98 Å². The number of aryl methyl sites for hydroxylation is 1. The van der Waals surface area contributed by atoms with Gasteiger partial charge in [-0.15, -0.1) is 0 Å². The summed E-state index contributed by atoms with van der Waals surface area (Å²) in [5.74, 6) is 0.113. The number of para-hydroxylation sites is 2. The number of benzene rings is 2. The molecule has 128 valence electrons. The number of halogens is 1. The summed E-state index contributed by atoms with van der Waals surface area (Å²) in [7, 11) is 0. The molecule has 0 aliphatic carbocycles. The molecule has 0 aliphatic heterocycles. The third-order valence-corrected chi connectivity index (χ3v) is 4.02. The van der Waals surface area contributed by atoms with Crippen molar-refractivity contribution in [3.63, 3.8) is 0 Å². The van der Waals surface area contributed by atoms with Crippen molar-refractivity contribution in [2.45, 2.75) is 19.9 Å². The third-order valence-electron chi connectivity index (χ3n) is 3.77. The maximum Gasteiger partial charge on any atom is 0.258 e. The Morgan fingerprint density at radius 2 is 1.72 bits per heavy atom. The van der Waals surface area contributed by atoms with E-state index in [2.05, 4.69) is 15.8 Å². The molecule has 7 heteroatoms. The van der Waals surface area contributed by atoms with Crippen LogP contribution in [0.1, 0.15) is 11.4 Å². The van der Waals surface area contributed by atoms with Crippen LogP contribution in [0.15, 0.2) is 48.5 Å². The topological polar surface area (TPSA) is 76.0 Å². The third kappa shape index (κ3) is 4.16. The molecule has 0 saturated heterocycles. The van der Waals surface area contributed by atoms with Crippen molar-refractivity contribution in [2.24, 2.45) is 0 Å². The SMILES string of the molecule is Cc1nc2ccccc2n1CC(=O)NNC(=O)Cc1ccc(Cl)cc1. The van der Waals surface area contributed by atoms with E-state index >= 15 is 0 Å². The fraction of sp³-hybridized carbons (Fsp3) is 0.167. The molecule has 0 saturated carbocycles. The van der Waals surface area contributed by atoms with E-state index in [1.165, 1.54) is 0 Å². The van der Waals surface area contributed by atoms with Gasteiger partial charge in [0.05, 0.1) is 17.5 Å². The molecule has 1 aromatic heterocycles. The maximum atomic E-state index is 12.1. The van der Waals surface area contributed by atoms with E-state index in [0.29, 0.717) is 5.02 Å². The molecule has 0 aliphatic rings. The van der Waals surface area contributed by atoms with Crippen molar-refractivity contribution in [1.82, 2.24) is 20.4 Å². The number of rotatable bonds is 4. The Morgan fingerprint density at radius 1 is 1.04 bits per heavy atom. The lowest BCUT2D eigenvalue weighted by Gasteiger charge is -2.09. The molecular weight excluding hydrogens is 340 g/mol. The molecule has 2 amide bonds. The van der Waals surface area contributed by atoms with Gasteiger partial charge in [-0.1, -0.05) is 35.9 Å². The van der Waals surface area contributed by atoms with E-state index in [0.717, 1.165) is 22.4 Å². The molecule has 0 bridgehead atoms. The number of amides is 2. The second-order valence-corrected chi connectivity index (χ2v) is 6.07. The summed E-state index contributed by atoms with van der Waals surface area (Å²) in [6.07, 6.45) is 0.157. The summed E-state index contributed by atoms with van der Waals surface area (Å²) >= 11 is 5.81. The van der Waals surface area contributed by atoms with Crippen LogP contribution in [-0.4, -0.2) is 21.4 Å². The van der Waals surface area contributed by atoms with Gasteiger partial charge in [-0.2, -0.15) is 0 Å². The van der Waals surface area contributed by atoms with Gasteiger partial charge < -0.3 is 4.57 Å². The number of carbonyl (C=O) groups excluding carboxylic acids is 2. The highest BCUT2D eigenvalue weighted by Crippen LogP contribution is 2.15. The van der Waals surface area contributed by atoms with Crippen LogP contribution in [0.4, 0.5) is 0 Å². The van der Waals surface area contributed by atoms with Crippen molar-refractivity contribution < 1.29 is 9.59 Å². The first kappa shape index (κ1) is 17.0. The van der Waals surface area contributed by atoms with Gasteiger partial charge in [-0.3, -0.25) is 20.4 Å². The molecule has 0 atom stereocenters. The fourth-order valence-electron chi connectivity index (χ4n) is 2.55. The van der Waals surface area contributed by atoms with Gasteiger partial charge in [0, 0.05) is 5.02 Å². The zero-order chi connectivity index (χ0) is 17.8. The van der Waals surface area contributed by atoms with Crippen molar-refractivity contribution in [1.29, 1.82) is 0 Å². The molecule has 0 spiro atoms. The highest BCUT2D eigenvalue weighted by molar-refractivity contribution is 6.30. The van der Waals surface area contributed by atoms with E-state index in [4.69, 9.17) is 11.6 Å². The fourth-order valence-corrected chi connectivity index (χ4v) is 2.68. The van der Waals surface area contributed by atoms with Crippen LogP contribution in [0.5, 0.6) is 0 Å². The van der Waals surface area contributed by atoms with Crippen LogP contribution >= 0.6 is 11.6 Å². The van der Waals surface area contributed by atoms with Crippen molar-refractivity contribution in [3.05, 3.63) is 64.9 Å². The minimum Gasteiger partial charge on any atom is -0.319 e. The van der Waals surface area contributed by atoms with Crippen molar-refractivity contribution in [2.75, 3.05) is 0 Å². The predicted octanol–water partition coefficient (Wildman–Crippen LogP) is 2.39. The maximum absolute atomic E-state index is 12.1. The zero-order valence-corrected chi connectivity index (χ0v) is 14.4. The van der Waals surface area contributed by atoms with Gasteiger partial charge in [0.25, 0.3) is 5.91 Å². The molecule has 0 fully saturated rings. The summed E-state index contributed by atoms with van der Waals surface area (Å²) < 4.78 is 1.80. The molecule has 1 heterocycles. The first-order valence-electron chi connectivity index (χ1n) is 7.77. The molecule has 0 unspecified atom stereocenters. The van der Waals surface area contributed by atoms with Gasteiger partial charge in [0.1, 0.15) is 12.4 Å². The van der Waals surface area contributed by atoms with E-state index in [1.54, 1.807) is 28.8 Å². The molecule has 6 nitrogen and oxygen atoms in total. The summed E-state index contributed by atoms with van der Waals surface area (Å²) in [6, 6.07) is 14.6. The van der Waals surface area contributed by atoms with E-state index in [-0.39, 0.29) is 24.8 Å². The Morgan fingerprint density at radius 3 is 2.48 bits per heavy atom. The van der Waals surface area contributed by atoms with Gasteiger partial charge in [-0.05, 0) is 36.8 Å². The number of hydrazine groups is 1. The van der Waals surface area contributed by atoms with Gasteiger partial charge >= 0.3 is 0 Å². The first-order chi connectivity index (χ1) is 12.0. The molecule has 2 aromatic carbocycles. The summed E-state index contributed by atoms with van der Waals surface area (Å²) in [6.45, 7) is 1.92. The smallest absolute Gasteiger partial charge is 0.258 e. The average Bonchev–Trinajstić information content (AvgIpc) is 2.91. The minimum absolute atomic E-state index is 0.0770. The predicted molar refractivity (Wildman–Crippen MR) is 95.9 cm³/mol. The molecule has 3 aromatic rings. The van der Waals surface area contributed by atoms with Crippen LogP contribution in [0.25, 0.3) is 11.0 Å². The Labute approximate surface area is 149 Å². The monoisotopic (exact) mass is 356 g/mol. The number of hydrogen-bond acceptors (Lipinski definition) is 3. The average molecular weight is 357 g/mol. The van der Waals surface area contributed by atoms with E-state index in [1.807, 2.05) is 31.2 Å². The van der Waals surface area contributed by atoms with E-state index < -0.39 is 0 Å². The van der Waals surface area contributed by atoms with Crippen molar-refractivity contribution in [3.8, 4) is 0 Å². The number of nitrogens with one attached hydrogen (secondary N) is 2. The highest BCUT2D eigenvalue weighted by Gasteiger charge is 2.11. The number of imidazole rings is 1. The summed E-state index contributed by atoms with van der Waals surface area (Å²) in [5.41, 5.74) is 7.37. The van der Waals surface area contributed by atoms with Crippen LogP contribution in [0.2, 0.25) is 5.02 Å². The summed E-state index contributed by atoms with van der Waals surface area (Å²) in [4.78, 5) is 28.4. The quantitative estimate of drug-likeness (QED) is 0.705. The van der Waals surface area contributed by atoms with Gasteiger partial charge in [0.2, 0.25) is 5.91 Å². The van der Waals surface area contributed by atoms with Crippen LogP contribution in [0, 0.1) is 6.92 Å². The number of aromatic nitrogens is 2. The number of fused-ring (bicyclic) bond motifs is 1. The van der Waals surface area contributed by atoms with Crippen LogP contribution in [-0.2, 0) is 22.6 Å². The zero-order valence-electron chi connectivity index (χ0n) is 13.6. The lowest BCUT2D eigenvalue weighted by Crippen LogP contribution is -2.43. The molecular formula is C18H17ClN4O2. The lowest BCUT2D eigenvalue weighted by molar-refractivity contribution is -0.128. The Kier molecular flexibility index (Phi) is 5.00. The second-order valence-electron chi connectivity index (χ2n) is 5.63. The molecule has 3 rings (SSSR count). The lowest BCUT2D eigenvalue weighted by atomic mass is 10.1. The molecule has 0 radical (unpaired) electrons. The Bertz CT molecular complexity index is 918. The molecule has 25 heavy (non-hydrogen) atoms. The van der Waals surface area contributed by atoms with E-state index in [9.17, 15) is 9.59 Å². The largest absolute Gasteiger partial charge is 0.319 e. The first-order valence-corrected chi connectivity index (χ1v) is 8.15. The van der Waals surface area contributed by atoms with Crippen molar-refractivity contribution >= 4 is 34.4 Å². The van der Waals surface area contributed by atoms with Crippen LogP contribution in [0.3, 0.4) is 0 Å². The minimum atomic E-state index is -0.323. The normalized spacial score (nSPS) is 10.6. The standard InChI is InChI=1S/C18H17ClN4O2/c1-12-20-15-4-2-3-5-16(15)23(12)11-18(25)22-21-17(24)10-13-6-8-14(19)9-7-13/h2-9H,10-11H2,1H3,(H,21,24)(H,22,25). The number of nitrogens with zero attached hydrogens (tertiary/aromatic N) is 2. The second kappa shape index (κ2) is 7.36. The van der Waals surface area contributed by atoms with Crippen LogP contribution < -0.4 is 10.9 Å². The van der Waals surface area contributed by atoms with Gasteiger partial charge in [0.15, 0.2) is 0 Å². The molecule has 2 N–H and O–H groups in total. The number of hydrogen-bond donors (Lipinski definition) is 2. The summed E-state index contributed by atoms with van der Waals surface area (Å²) in [5, 5.41) is 0.611. The number of carbonyl (C=O) groups is 2.